The molecule has 1 N–H and O–H groups in total. The van der Waals surface area contributed by atoms with E-state index in [0.717, 1.165) is 34.2 Å². The number of carbonyl (C=O) groups is 1. The van der Waals surface area contributed by atoms with E-state index in [1.807, 2.05) is 4.68 Å². The van der Waals surface area contributed by atoms with Crippen molar-refractivity contribution in [2.45, 2.75) is 57.5 Å². The first-order valence-electron chi connectivity index (χ1n) is 11.0. The highest BCUT2D eigenvalue weighted by Crippen LogP contribution is 2.45. The van der Waals surface area contributed by atoms with Crippen LogP contribution in [-0.2, 0) is 10.5 Å². The molecule has 2 aromatic carbocycles. The van der Waals surface area contributed by atoms with Crippen molar-refractivity contribution >= 4 is 23.5 Å². The van der Waals surface area contributed by atoms with Gasteiger partial charge in [0.05, 0.1) is 0 Å². The molecule has 5 rings (SSSR count). The van der Waals surface area contributed by atoms with Gasteiger partial charge in [-0.1, -0.05) is 79.7 Å². The molecular formula is C26H28N4OS. The molecule has 1 unspecified atom stereocenters. The van der Waals surface area contributed by atoms with Crippen LogP contribution in [-0.4, -0.2) is 20.5 Å². The van der Waals surface area contributed by atoms with E-state index in [1.54, 1.807) is 11.8 Å². The number of allylic oxidation sites excluding steroid dienone is 2. The van der Waals surface area contributed by atoms with Crippen LogP contribution in [0.15, 0.2) is 65.0 Å². The molecule has 0 fully saturated rings. The zero-order valence-electron chi connectivity index (χ0n) is 19.0. The Morgan fingerprint density at radius 2 is 1.84 bits per heavy atom. The van der Waals surface area contributed by atoms with E-state index in [9.17, 15) is 4.79 Å². The molecule has 6 heteroatoms. The molecule has 0 spiro atoms. The third-order valence-electron chi connectivity index (χ3n) is 6.32. The van der Waals surface area contributed by atoms with Crippen LogP contribution in [0.1, 0.15) is 55.0 Å². The average molecular weight is 445 g/mol. The lowest BCUT2D eigenvalue weighted by Gasteiger charge is -2.38. The Labute approximate surface area is 193 Å². The molecule has 0 saturated carbocycles. The molecule has 2 heterocycles. The minimum absolute atomic E-state index is 0.0641. The minimum Gasteiger partial charge on any atom is -0.328 e. The number of ketones is 1. The van der Waals surface area contributed by atoms with Crippen molar-refractivity contribution in [3.63, 3.8) is 0 Å². The summed E-state index contributed by atoms with van der Waals surface area (Å²) in [6, 6.07) is 16.6. The Morgan fingerprint density at radius 1 is 1.09 bits per heavy atom. The maximum Gasteiger partial charge on any atom is 0.227 e. The van der Waals surface area contributed by atoms with Gasteiger partial charge in [-0.15, -0.1) is 5.10 Å². The number of hydrogen-bond acceptors (Lipinski definition) is 5. The Bertz CT molecular complexity index is 1220. The van der Waals surface area contributed by atoms with Gasteiger partial charge in [-0.05, 0) is 42.4 Å². The lowest BCUT2D eigenvalue weighted by Crippen LogP contribution is -2.36. The summed E-state index contributed by atoms with van der Waals surface area (Å²) in [5, 5.41) is 9.04. The second-order valence-electron chi connectivity index (χ2n) is 9.65. The van der Waals surface area contributed by atoms with Gasteiger partial charge in [0, 0.05) is 23.4 Å². The van der Waals surface area contributed by atoms with E-state index < -0.39 is 0 Å². The summed E-state index contributed by atoms with van der Waals surface area (Å²) in [6.07, 6.45) is 1.38. The highest BCUT2D eigenvalue weighted by molar-refractivity contribution is 7.98. The fourth-order valence-corrected chi connectivity index (χ4v) is 5.53. The van der Waals surface area contributed by atoms with Crippen LogP contribution < -0.4 is 5.32 Å². The van der Waals surface area contributed by atoms with Crippen LogP contribution >= 0.6 is 11.8 Å². The van der Waals surface area contributed by atoms with Crippen molar-refractivity contribution in [1.29, 1.82) is 0 Å². The zero-order chi connectivity index (χ0) is 22.5. The number of carbonyl (C=O) groups excluding carboxylic acids is 1. The molecule has 3 aromatic rings. The standard InChI is InChI=1S/C26H28N4OS/c1-16-9-11-18(12-10-16)23-22-20(13-26(3,4)14-21(22)31)27-24-28-25(29-30(23)24)32-15-19-8-6-5-7-17(19)2/h5-12,23H,13-15H2,1-4H3,(H,27,28,29). The monoisotopic (exact) mass is 444 g/mol. The number of aryl methyl sites for hydroxylation is 2. The normalized spacial score (nSPS) is 19.4. The van der Waals surface area contributed by atoms with E-state index >= 15 is 0 Å². The van der Waals surface area contributed by atoms with Gasteiger partial charge in [-0.3, -0.25) is 4.79 Å². The van der Waals surface area contributed by atoms with Gasteiger partial charge in [-0.2, -0.15) is 4.98 Å². The van der Waals surface area contributed by atoms with E-state index in [-0.39, 0.29) is 17.2 Å². The third-order valence-corrected chi connectivity index (χ3v) is 7.21. The van der Waals surface area contributed by atoms with Crippen molar-refractivity contribution < 1.29 is 4.79 Å². The number of rotatable bonds is 4. The van der Waals surface area contributed by atoms with Gasteiger partial charge in [-0.25, -0.2) is 4.68 Å². The van der Waals surface area contributed by atoms with Crippen LogP contribution in [0.5, 0.6) is 0 Å². The molecule has 0 bridgehead atoms. The quantitative estimate of drug-likeness (QED) is 0.512. The second-order valence-corrected chi connectivity index (χ2v) is 10.6. The highest BCUT2D eigenvalue weighted by Gasteiger charge is 2.41. The minimum atomic E-state index is -0.245. The van der Waals surface area contributed by atoms with E-state index in [1.165, 1.54) is 16.7 Å². The molecule has 1 aromatic heterocycles. The molecule has 0 saturated heterocycles. The summed E-state index contributed by atoms with van der Waals surface area (Å²) in [7, 11) is 0. The molecule has 32 heavy (non-hydrogen) atoms. The predicted octanol–water partition coefficient (Wildman–Crippen LogP) is 5.85. The first-order chi connectivity index (χ1) is 15.3. The zero-order valence-corrected chi connectivity index (χ0v) is 19.8. The van der Waals surface area contributed by atoms with Crippen LogP contribution in [0, 0.1) is 19.3 Å². The summed E-state index contributed by atoms with van der Waals surface area (Å²) in [4.78, 5) is 18.1. The molecule has 1 aliphatic heterocycles. The molecule has 164 valence electrons. The summed E-state index contributed by atoms with van der Waals surface area (Å²) in [5.74, 6) is 1.72. The molecule has 1 aliphatic carbocycles. The van der Waals surface area contributed by atoms with Gasteiger partial charge in [0.15, 0.2) is 5.78 Å². The number of nitrogens with one attached hydrogen (secondary N) is 1. The summed E-state index contributed by atoms with van der Waals surface area (Å²) < 4.78 is 1.90. The number of Topliss-reactive ketones (excluding diaryl/α,β-unsaturated/α-hetero) is 1. The number of benzene rings is 2. The van der Waals surface area contributed by atoms with Gasteiger partial charge in [0.2, 0.25) is 11.1 Å². The fourth-order valence-electron chi connectivity index (χ4n) is 4.62. The molecule has 0 radical (unpaired) electrons. The molecule has 0 amide bonds. The number of thioether (sulfide) groups is 1. The number of nitrogens with zero attached hydrogens (tertiary/aromatic N) is 3. The number of aromatic nitrogens is 3. The van der Waals surface area contributed by atoms with Crippen molar-refractivity contribution in [2.24, 2.45) is 5.41 Å². The Balaban J connectivity index is 1.53. The van der Waals surface area contributed by atoms with E-state index in [2.05, 4.69) is 81.5 Å². The van der Waals surface area contributed by atoms with Gasteiger partial charge < -0.3 is 5.32 Å². The first kappa shape index (κ1) is 21.0. The van der Waals surface area contributed by atoms with Crippen LogP contribution in [0.3, 0.4) is 0 Å². The van der Waals surface area contributed by atoms with Gasteiger partial charge in [0.1, 0.15) is 6.04 Å². The van der Waals surface area contributed by atoms with Crippen molar-refractivity contribution in [2.75, 3.05) is 5.32 Å². The van der Waals surface area contributed by atoms with Gasteiger partial charge >= 0.3 is 0 Å². The summed E-state index contributed by atoms with van der Waals surface area (Å²) in [6.45, 7) is 8.51. The summed E-state index contributed by atoms with van der Waals surface area (Å²) in [5.41, 5.74) is 6.58. The fraction of sp³-hybridized carbons (Fsp3) is 0.346. The number of fused-ring (bicyclic) bond motifs is 1. The predicted molar refractivity (Wildman–Crippen MR) is 129 cm³/mol. The third kappa shape index (κ3) is 3.88. The topological polar surface area (TPSA) is 59.8 Å². The van der Waals surface area contributed by atoms with Crippen molar-refractivity contribution in [3.05, 3.63) is 82.1 Å². The SMILES string of the molecule is Cc1ccc(C2C3=C(CC(C)(C)CC3=O)Nc3nc(SCc4ccccc4C)nn32)cc1. The second kappa shape index (κ2) is 7.93. The Morgan fingerprint density at radius 3 is 2.59 bits per heavy atom. The van der Waals surface area contributed by atoms with Crippen molar-refractivity contribution in [1.82, 2.24) is 14.8 Å². The van der Waals surface area contributed by atoms with Crippen LogP contribution in [0.4, 0.5) is 5.95 Å². The number of hydrogen-bond donors (Lipinski definition) is 1. The smallest absolute Gasteiger partial charge is 0.227 e. The molecule has 2 aliphatic rings. The first-order valence-corrected chi connectivity index (χ1v) is 12.0. The van der Waals surface area contributed by atoms with Gasteiger partial charge in [0.25, 0.3) is 0 Å². The lowest BCUT2D eigenvalue weighted by molar-refractivity contribution is -0.118. The Hall–Kier alpha value is -2.86. The van der Waals surface area contributed by atoms with Crippen LogP contribution in [0.2, 0.25) is 0 Å². The summed E-state index contributed by atoms with van der Waals surface area (Å²) >= 11 is 1.63. The molecule has 5 nitrogen and oxygen atoms in total. The largest absolute Gasteiger partial charge is 0.328 e. The number of anilines is 1. The highest BCUT2D eigenvalue weighted by atomic mass is 32.2. The Kier molecular flexibility index (Phi) is 5.20. The average Bonchev–Trinajstić information content (AvgIpc) is 3.14. The van der Waals surface area contributed by atoms with Crippen molar-refractivity contribution in [3.8, 4) is 0 Å². The van der Waals surface area contributed by atoms with E-state index in [4.69, 9.17) is 10.1 Å². The van der Waals surface area contributed by atoms with Crippen LogP contribution in [0.25, 0.3) is 0 Å². The molecular weight excluding hydrogens is 416 g/mol. The van der Waals surface area contributed by atoms with E-state index in [0.29, 0.717) is 12.4 Å². The molecule has 1 atom stereocenters. The lowest BCUT2D eigenvalue weighted by atomic mass is 9.73. The maximum atomic E-state index is 13.3. The maximum absolute atomic E-state index is 13.3.